The maximum Gasteiger partial charge on any atom is 0.191 e. The van der Waals surface area contributed by atoms with E-state index < -0.39 is 23.3 Å². The fourth-order valence-electron chi connectivity index (χ4n) is 4.13. The predicted molar refractivity (Wildman–Crippen MR) is 144 cm³/mol. The first kappa shape index (κ1) is 25.7. The third-order valence-electron chi connectivity index (χ3n) is 5.93. The molecule has 4 aromatic carbocycles. The number of carbonyl (C=O) groups excluding carboxylic acids is 1. The smallest absolute Gasteiger partial charge is 0.191 e. The van der Waals surface area contributed by atoms with Crippen LogP contribution in [0.5, 0.6) is 0 Å². The van der Waals surface area contributed by atoms with Crippen LogP contribution >= 0.6 is 15.9 Å². The van der Waals surface area contributed by atoms with E-state index in [-0.39, 0.29) is 18.8 Å². The van der Waals surface area contributed by atoms with Crippen LogP contribution in [0.4, 0.5) is 4.39 Å². The van der Waals surface area contributed by atoms with Gasteiger partial charge in [-0.2, -0.15) is 0 Å². The van der Waals surface area contributed by atoms with Crippen LogP contribution in [-0.4, -0.2) is 25.1 Å². The summed E-state index contributed by atoms with van der Waals surface area (Å²) >= 11 is 3.28. The number of carbonyl (C=O) groups is 1. The van der Waals surface area contributed by atoms with Gasteiger partial charge in [0.1, 0.15) is 18.0 Å². The molecule has 5 heteroatoms. The zero-order chi connectivity index (χ0) is 25.4. The lowest BCUT2D eigenvalue weighted by molar-refractivity contribution is -0.0445. The minimum absolute atomic E-state index is 0.0275. The molecule has 0 fully saturated rings. The first-order valence-electron chi connectivity index (χ1n) is 11.6. The Labute approximate surface area is 219 Å². The van der Waals surface area contributed by atoms with Gasteiger partial charge >= 0.3 is 0 Å². The number of ether oxygens (including phenoxy) is 2. The number of benzene rings is 4. The van der Waals surface area contributed by atoms with E-state index >= 15 is 0 Å². The third-order valence-corrected chi connectivity index (χ3v) is 6.42. The van der Waals surface area contributed by atoms with Crippen LogP contribution in [0.25, 0.3) is 0 Å². The fraction of sp³-hybridized carbons (Fsp3) is 0.129. The lowest BCUT2D eigenvalue weighted by atomic mass is 9.80. The van der Waals surface area contributed by atoms with Crippen LogP contribution in [-0.2, 0) is 15.1 Å². The largest absolute Gasteiger partial charge is 0.364 e. The minimum atomic E-state index is -0.922. The summed E-state index contributed by atoms with van der Waals surface area (Å²) in [5, 5.41) is 0. The molecule has 0 aliphatic heterocycles. The Bertz CT molecular complexity index is 1200. The van der Waals surface area contributed by atoms with Gasteiger partial charge in [0, 0.05) is 4.47 Å². The average molecular weight is 545 g/mol. The molecule has 1 atom stereocenters. The van der Waals surface area contributed by atoms with Crippen molar-refractivity contribution in [2.45, 2.75) is 11.7 Å². The van der Waals surface area contributed by atoms with Crippen molar-refractivity contribution in [1.29, 1.82) is 0 Å². The second kappa shape index (κ2) is 12.0. The van der Waals surface area contributed by atoms with Crippen molar-refractivity contribution in [3.05, 3.63) is 154 Å². The van der Waals surface area contributed by atoms with Gasteiger partial charge in [0.25, 0.3) is 0 Å². The van der Waals surface area contributed by atoms with Crippen LogP contribution in [0.15, 0.2) is 126 Å². The summed E-state index contributed by atoms with van der Waals surface area (Å²) in [5.41, 5.74) is 1.92. The molecule has 3 nitrogen and oxygen atoms in total. The number of rotatable bonds is 11. The highest BCUT2D eigenvalue weighted by atomic mass is 79.9. The Balaban J connectivity index is 1.62. The standard InChI is InChI=1S/C31H26BrFO3/c1-2-27(35-22-30(34)28-20-26(32)18-19-29(28)33)21-36-31(23-12-6-3-7-13-23,24-14-8-4-9-15-24)25-16-10-5-11-17-25/h2-20,27H,1,21-22H2. The Kier molecular flexibility index (Phi) is 8.60. The van der Waals surface area contributed by atoms with E-state index in [4.69, 9.17) is 9.47 Å². The highest BCUT2D eigenvalue weighted by molar-refractivity contribution is 9.10. The SMILES string of the molecule is C=CC(COC(c1ccccc1)(c1ccccc1)c1ccccc1)OCC(=O)c1cc(Br)ccc1F. The van der Waals surface area contributed by atoms with E-state index in [1.54, 1.807) is 12.1 Å². The second-order valence-electron chi connectivity index (χ2n) is 8.22. The maximum absolute atomic E-state index is 14.2. The monoisotopic (exact) mass is 544 g/mol. The number of Topliss-reactive ketones (excluding diaryl/α,β-unsaturated/α-hetero) is 1. The number of ketones is 1. The van der Waals surface area contributed by atoms with Crippen molar-refractivity contribution in [3.8, 4) is 0 Å². The number of hydrogen-bond acceptors (Lipinski definition) is 3. The van der Waals surface area contributed by atoms with Gasteiger partial charge in [-0.1, -0.05) is 113 Å². The van der Waals surface area contributed by atoms with Crippen LogP contribution in [0.1, 0.15) is 27.0 Å². The van der Waals surface area contributed by atoms with Crippen molar-refractivity contribution in [2.24, 2.45) is 0 Å². The third kappa shape index (κ3) is 5.71. The number of hydrogen-bond donors (Lipinski definition) is 0. The van der Waals surface area contributed by atoms with E-state index in [9.17, 15) is 9.18 Å². The lowest BCUT2D eigenvalue weighted by Gasteiger charge is -2.36. The van der Waals surface area contributed by atoms with Crippen LogP contribution < -0.4 is 0 Å². The molecular weight excluding hydrogens is 519 g/mol. The van der Waals surface area contributed by atoms with Gasteiger partial charge in [-0.05, 0) is 34.9 Å². The molecule has 36 heavy (non-hydrogen) atoms. The van der Waals surface area contributed by atoms with Crippen LogP contribution in [0.2, 0.25) is 0 Å². The molecule has 0 spiro atoms. The lowest BCUT2D eigenvalue weighted by Crippen LogP contribution is -2.36. The topological polar surface area (TPSA) is 35.5 Å². The fourth-order valence-corrected chi connectivity index (χ4v) is 4.49. The Morgan fingerprint density at radius 3 is 1.83 bits per heavy atom. The molecule has 182 valence electrons. The summed E-state index contributed by atoms with van der Waals surface area (Å²) in [7, 11) is 0. The van der Waals surface area contributed by atoms with Gasteiger partial charge in [0.05, 0.1) is 18.3 Å². The van der Waals surface area contributed by atoms with E-state index in [0.717, 1.165) is 16.7 Å². The summed E-state index contributed by atoms with van der Waals surface area (Å²) < 4.78 is 27.3. The van der Waals surface area contributed by atoms with Crippen molar-refractivity contribution in [2.75, 3.05) is 13.2 Å². The molecule has 0 radical (unpaired) electrons. The Morgan fingerprint density at radius 2 is 1.36 bits per heavy atom. The highest BCUT2D eigenvalue weighted by Crippen LogP contribution is 2.40. The van der Waals surface area contributed by atoms with Crippen molar-refractivity contribution in [1.82, 2.24) is 0 Å². The predicted octanol–water partition coefficient (Wildman–Crippen LogP) is 7.35. The molecule has 0 aromatic heterocycles. The van der Waals surface area contributed by atoms with E-state index in [1.807, 2.05) is 91.0 Å². The molecule has 0 saturated heterocycles. The van der Waals surface area contributed by atoms with Crippen molar-refractivity contribution < 1.29 is 18.7 Å². The Morgan fingerprint density at radius 1 is 0.861 bits per heavy atom. The zero-order valence-corrected chi connectivity index (χ0v) is 21.2. The summed E-state index contributed by atoms with van der Waals surface area (Å²) in [5.74, 6) is -1.05. The van der Waals surface area contributed by atoms with Gasteiger partial charge in [0.15, 0.2) is 5.78 Å². The molecule has 1 unspecified atom stereocenters. The maximum atomic E-state index is 14.2. The van der Waals surface area contributed by atoms with E-state index in [1.165, 1.54) is 12.1 Å². The first-order chi connectivity index (χ1) is 17.5. The van der Waals surface area contributed by atoms with Crippen molar-refractivity contribution in [3.63, 3.8) is 0 Å². The van der Waals surface area contributed by atoms with E-state index in [0.29, 0.717) is 4.47 Å². The first-order valence-corrected chi connectivity index (χ1v) is 12.4. The molecule has 0 aliphatic rings. The van der Waals surface area contributed by atoms with Crippen LogP contribution in [0.3, 0.4) is 0 Å². The number of halogens is 2. The molecule has 4 aromatic rings. The second-order valence-corrected chi connectivity index (χ2v) is 9.14. The molecule has 0 N–H and O–H groups in total. The zero-order valence-electron chi connectivity index (χ0n) is 19.6. The molecule has 0 amide bonds. The van der Waals surface area contributed by atoms with E-state index in [2.05, 4.69) is 22.5 Å². The summed E-state index contributed by atoms with van der Waals surface area (Å²) in [6.07, 6.45) is 0.996. The average Bonchev–Trinajstić information content (AvgIpc) is 2.93. The Hall–Kier alpha value is -3.38. The van der Waals surface area contributed by atoms with Crippen LogP contribution in [0, 0.1) is 5.82 Å². The van der Waals surface area contributed by atoms with Gasteiger partial charge in [-0.3, -0.25) is 4.79 Å². The summed E-state index contributed by atoms with van der Waals surface area (Å²) in [6, 6.07) is 34.2. The minimum Gasteiger partial charge on any atom is -0.364 e. The molecular formula is C31H26BrFO3. The molecule has 0 heterocycles. The quantitative estimate of drug-likeness (QED) is 0.112. The summed E-state index contributed by atoms with van der Waals surface area (Å²) in [6.45, 7) is 3.68. The van der Waals surface area contributed by atoms with Gasteiger partial charge in [-0.25, -0.2) is 4.39 Å². The molecule has 0 aliphatic carbocycles. The normalized spacial score (nSPS) is 12.2. The van der Waals surface area contributed by atoms with Gasteiger partial charge in [-0.15, -0.1) is 6.58 Å². The van der Waals surface area contributed by atoms with Gasteiger partial charge in [0.2, 0.25) is 0 Å². The van der Waals surface area contributed by atoms with Gasteiger partial charge < -0.3 is 9.47 Å². The highest BCUT2D eigenvalue weighted by Gasteiger charge is 2.38. The molecule has 0 bridgehead atoms. The van der Waals surface area contributed by atoms with Crippen molar-refractivity contribution >= 4 is 21.7 Å². The molecule has 4 rings (SSSR count). The summed E-state index contributed by atoms with van der Waals surface area (Å²) in [4.78, 5) is 12.6. The molecule has 0 saturated carbocycles.